The van der Waals surface area contributed by atoms with Gasteiger partial charge in [-0.25, -0.2) is 4.40 Å². The smallest absolute Gasteiger partial charge is 0.0859 e. The molecule has 0 aliphatic heterocycles. The quantitative estimate of drug-likeness (QED) is 0.595. The van der Waals surface area contributed by atoms with Gasteiger partial charge in [-0.3, -0.25) is 4.98 Å². The first kappa shape index (κ1) is 15.7. The highest BCUT2D eigenvalue weighted by Crippen LogP contribution is 2.11. The van der Waals surface area contributed by atoms with E-state index in [2.05, 4.69) is 39.2 Å². The van der Waals surface area contributed by atoms with Gasteiger partial charge in [0.15, 0.2) is 0 Å². The van der Waals surface area contributed by atoms with Crippen molar-refractivity contribution in [3.05, 3.63) is 28.5 Å². The molecule has 0 saturated heterocycles. The van der Waals surface area contributed by atoms with E-state index >= 15 is 0 Å². The standard InChI is InChI=1S/C8H9BrN2S.C4H10/c1-6(11-12-2)8-5-7(9)3-4-10-8;1-3-4-2/h3-5H,1-2H3;3-4H2,1-2H3/b11-6+;. The molecule has 0 spiro atoms. The lowest BCUT2D eigenvalue weighted by molar-refractivity contribution is 0.886. The van der Waals surface area contributed by atoms with Crippen LogP contribution in [-0.2, 0) is 0 Å². The molecule has 0 aliphatic carbocycles. The van der Waals surface area contributed by atoms with Crippen molar-refractivity contribution in [3.8, 4) is 0 Å². The summed E-state index contributed by atoms with van der Waals surface area (Å²) in [5, 5.41) is 0. The molecule has 0 saturated carbocycles. The van der Waals surface area contributed by atoms with Gasteiger partial charge in [0, 0.05) is 16.9 Å². The van der Waals surface area contributed by atoms with Gasteiger partial charge in [0.1, 0.15) is 0 Å². The number of nitrogens with zero attached hydrogens (tertiary/aromatic N) is 2. The monoisotopic (exact) mass is 302 g/mol. The highest BCUT2D eigenvalue weighted by molar-refractivity contribution is 9.10. The molecule has 1 heterocycles. The highest BCUT2D eigenvalue weighted by Gasteiger charge is 1.98. The minimum Gasteiger partial charge on any atom is -0.255 e. The topological polar surface area (TPSA) is 25.2 Å². The van der Waals surface area contributed by atoms with Gasteiger partial charge in [-0.1, -0.05) is 42.6 Å². The minimum absolute atomic E-state index is 0.915. The maximum Gasteiger partial charge on any atom is 0.0859 e. The second kappa shape index (κ2) is 9.85. The zero-order valence-electron chi connectivity index (χ0n) is 10.3. The lowest BCUT2D eigenvalue weighted by Crippen LogP contribution is -1.96. The lowest BCUT2D eigenvalue weighted by atomic mass is 10.3. The Bertz CT molecular complexity index is 325. The average Bonchev–Trinajstić information content (AvgIpc) is 2.30. The molecule has 90 valence electrons. The molecule has 1 rings (SSSR count). The normalized spacial score (nSPS) is 10.7. The molecule has 0 aromatic carbocycles. The van der Waals surface area contributed by atoms with Crippen LogP contribution in [0.1, 0.15) is 39.3 Å². The van der Waals surface area contributed by atoms with Crippen molar-refractivity contribution in [2.75, 3.05) is 6.26 Å². The molecular formula is C12H19BrN2S. The Labute approximate surface area is 111 Å². The zero-order valence-corrected chi connectivity index (χ0v) is 12.7. The Morgan fingerprint density at radius 2 is 2.06 bits per heavy atom. The van der Waals surface area contributed by atoms with E-state index < -0.39 is 0 Å². The van der Waals surface area contributed by atoms with Crippen LogP contribution in [0.4, 0.5) is 0 Å². The number of halogens is 1. The molecule has 1 aromatic heterocycles. The summed E-state index contributed by atoms with van der Waals surface area (Å²) >= 11 is 4.82. The van der Waals surface area contributed by atoms with Gasteiger partial charge in [0.05, 0.1) is 11.4 Å². The van der Waals surface area contributed by atoms with Crippen LogP contribution in [0.2, 0.25) is 0 Å². The number of pyridine rings is 1. The number of aromatic nitrogens is 1. The maximum atomic E-state index is 4.19. The summed E-state index contributed by atoms with van der Waals surface area (Å²) in [6, 6.07) is 3.85. The van der Waals surface area contributed by atoms with Gasteiger partial charge < -0.3 is 0 Å². The van der Waals surface area contributed by atoms with E-state index in [0.29, 0.717) is 0 Å². The lowest BCUT2D eigenvalue weighted by Gasteiger charge is -1.98. The van der Waals surface area contributed by atoms with Crippen molar-refractivity contribution in [1.82, 2.24) is 4.98 Å². The first-order valence-electron chi connectivity index (χ1n) is 5.35. The van der Waals surface area contributed by atoms with Gasteiger partial charge in [-0.15, -0.1) is 0 Å². The summed E-state index contributed by atoms with van der Waals surface area (Å²) in [6.45, 7) is 6.31. The van der Waals surface area contributed by atoms with Gasteiger partial charge in [-0.05, 0) is 31.0 Å². The largest absolute Gasteiger partial charge is 0.255 e. The predicted molar refractivity (Wildman–Crippen MR) is 78.2 cm³/mol. The molecule has 1 aromatic rings. The molecular weight excluding hydrogens is 284 g/mol. The number of hydrogen-bond acceptors (Lipinski definition) is 3. The van der Waals surface area contributed by atoms with E-state index in [4.69, 9.17) is 0 Å². The van der Waals surface area contributed by atoms with Crippen LogP contribution in [0.3, 0.4) is 0 Å². The summed E-state index contributed by atoms with van der Waals surface area (Å²) in [6.07, 6.45) is 6.33. The van der Waals surface area contributed by atoms with Crippen LogP contribution >= 0.6 is 27.9 Å². The summed E-state index contributed by atoms with van der Waals surface area (Å²) < 4.78 is 5.22. The molecule has 0 bridgehead atoms. The Balaban J connectivity index is 0.000000487. The fourth-order valence-electron chi connectivity index (χ4n) is 0.786. The first-order valence-corrected chi connectivity index (χ1v) is 7.32. The summed E-state index contributed by atoms with van der Waals surface area (Å²) in [5.74, 6) is 0. The molecule has 4 heteroatoms. The molecule has 0 atom stereocenters. The van der Waals surface area contributed by atoms with Gasteiger partial charge in [0.25, 0.3) is 0 Å². The van der Waals surface area contributed by atoms with Crippen LogP contribution in [0, 0.1) is 0 Å². The fraction of sp³-hybridized carbons (Fsp3) is 0.500. The molecule has 0 radical (unpaired) electrons. The van der Waals surface area contributed by atoms with E-state index in [9.17, 15) is 0 Å². The van der Waals surface area contributed by atoms with Crippen LogP contribution in [0.5, 0.6) is 0 Å². The maximum absolute atomic E-state index is 4.19. The number of unbranched alkanes of at least 4 members (excludes halogenated alkanes) is 1. The van der Waals surface area contributed by atoms with Crippen LogP contribution in [0.25, 0.3) is 0 Å². The third-order valence-corrected chi connectivity index (χ3v) is 2.77. The highest BCUT2D eigenvalue weighted by atomic mass is 79.9. The molecule has 0 unspecified atom stereocenters. The van der Waals surface area contributed by atoms with Crippen molar-refractivity contribution in [3.63, 3.8) is 0 Å². The van der Waals surface area contributed by atoms with Crippen LogP contribution in [-0.4, -0.2) is 17.0 Å². The van der Waals surface area contributed by atoms with Gasteiger partial charge in [-0.2, -0.15) is 0 Å². The molecule has 16 heavy (non-hydrogen) atoms. The average molecular weight is 303 g/mol. The van der Waals surface area contributed by atoms with E-state index in [1.807, 2.05) is 25.3 Å². The molecule has 0 N–H and O–H groups in total. The van der Waals surface area contributed by atoms with Crippen molar-refractivity contribution < 1.29 is 0 Å². The van der Waals surface area contributed by atoms with Gasteiger partial charge in [0.2, 0.25) is 0 Å². The third-order valence-electron chi connectivity index (χ3n) is 1.82. The van der Waals surface area contributed by atoms with E-state index in [-0.39, 0.29) is 0 Å². The molecule has 0 amide bonds. The second-order valence-electron chi connectivity index (χ2n) is 3.22. The van der Waals surface area contributed by atoms with Gasteiger partial charge >= 0.3 is 0 Å². The molecule has 2 nitrogen and oxygen atoms in total. The number of rotatable bonds is 3. The second-order valence-corrected chi connectivity index (χ2v) is 4.68. The van der Waals surface area contributed by atoms with Crippen molar-refractivity contribution in [2.45, 2.75) is 33.6 Å². The van der Waals surface area contributed by atoms with Crippen molar-refractivity contribution in [2.24, 2.45) is 4.40 Å². The minimum atomic E-state index is 0.915. The fourth-order valence-corrected chi connectivity index (χ4v) is 1.49. The summed E-state index contributed by atoms with van der Waals surface area (Å²) in [4.78, 5) is 4.18. The van der Waals surface area contributed by atoms with Crippen molar-refractivity contribution in [1.29, 1.82) is 0 Å². The Morgan fingerprint density at radius 3 is 2.50 bits per heavy atom. The third kappa shape index (κ3) is 7.01. The van der Waals surface area contributed by atoms with E-state index in [0.717, 1.165) is 15.9 Å². The molecule has 0 aliphatic rings. The summed E-state index contributed by atoms with van der Waals surface area (Å²) in [7, 11) is 0. The summed E-state index contributed by atoms with van der Waals surface area (Å²) in [5.41, 5.74) is 1.86. The Hall–Kier alpha value is -0.350. The first-order chi connectivity index (χ1) is 7.65. The molecule has 0 fully saturated rings. The Kier molecular flexibility index (Phi) is 9.63. The SMILES string of the molecule is CCCC.CS/N=C(\C)c1cc(Br)ccn1. The Morgan fingerprint density at radius 1 is 1.44 bits per heavy atom. The van der Waals surface area contributed by atoms with Crippen molar-refractivity contribution >= 4 is 33.6 Å². The van der Waals surface area contributed by atoms with E-state index in [1.54, 1.807) is 6.20 Å². The van der Waals surface area contributed by atoms with E-state index in [1.165, 1.54) is 24.8 Å². The zero-order chi connectivity index (χ0) is 12.4. The number of hydrogen-bond donors (Lipinski definition) is 0. The van der Waals surface area contributed by atoms with Crippen LogP contribution < -0.4 is 0 Å². The van der Waals surface area contributed by atoms with Crippen LogP contribution in [0.15, 0.2) is 27.2 Å². The predicted octanol–water partition coefficient (Wildman–Crippen LogP) is 4.74.